The number of ether oxygens (including phenoxy) is 1. The normalized spacial score (nSPS) is 16.2. The van der Waals surface area contributed by atoms with Gasteiger partial charge in [-0.3, -0.25) is 4.57 Å². The van der Waals surface area contributed by atoms with Crippen molar-refractivity contribution in [1.82, 2.24) is 29.2 Å². The molecule has 3 aromatic carbocycles. The number of nitrogens with one attached hydrogen (secondary N) is 1. The molecule has 0 radical (unpaired) electrons. The fraction of sp³-hybridized carbons (Fsp3) is 0.312. The number of thioether (sulfide) groups is 1. The van der Waals surface area contributed by atoms with Crippen molar-refractivity contribution in [3.05, 3.63) is 101 Å². The first-order valence-electron chi connectivity index (χ1n) is 14.6. The molecular weight excluding hydrogens is 686 g/mol. The molecule has 2 heterocycles. The molecule has 1 saturated heterocycles. The molecule has 0 bridgehead atoms. The molecule has 10 nitrogen and oxygen atoms in total. The average Bonchev–Trinajstić information content (AvgIpc) is 3.47. The Morgan fingerprint density at radius 2 is 1.83 bits per heavy atom. The number of amides is 2. The van der Waals surface area contributed by atoms with Crippen LogP contribution in [0.2, 0.25) is 5.02 Å². The lowest BCUT2D eigenvalue weighted by Crippen LogP contribution is -2.60. The lowest BCUT2D eigenvalue weighted by molar-refractivity contribution is -0.0195. The Morgan fingerprint density at radius 1 is 1.13 bits per heavy atom. The van der Waals surface area contributed by atoms with Gasteiger partial charge >= 0.3 is 6.03 Å². The first kappa shape index (κ1) is 35.0. The Balaban J connectivity index is 1.51. The van der Waals surface area contributed by atoms with E-state index in [9.17, 15) is 17.6 Å². The number of alkyl halides is 1. The van der Waals surface area contributed by atoms with E-state index in [-0.39, 0.29) is 10.8 Å². The van der Waals surface area contributed by atoms with Crippen molar-refractivity contribution >= 4 is 51.0 Å². The van der Waals surface area contributed by atoms with Gasteiger partial charge in [0.05, 0.1) is 34.8 Å². The number of carbonyl (C=O) groups excluding carboxylic acids is 1. The number of nitrogens with zero attached hydrogens (tertiary/aromatic N) is 5. The maximum absolute atomic E-state index is 14.0. The summed E-state index contributed by atoms with van der Waals surface area (Å²) >= 11 is 14.3. The number of piperazine rings is 1. The van der Waals surface area contributed by atoms with Gasteiger partial charge in [-0.05, 0) is 61.1 Å². The van der Waals surface area contributed by atoms with Crippen LogP contribution in [0.25, 0.3) is 5.69 Å². The Labute approximate surface area is 288 Å². The van der Waals surface area contributed by atoms with Crippen molar-refractivity contribution in [1.29, 1.82) is 0 Å². The predicted octanol–water partition coefficient (Wildman–Crippen LogP) is 6.18. The average molecular weight is 722 g/mol. The molecule has 1 aliphatic rings. The molecule has 1 unspecified atom stereocenters. The van der Waals surface area contributed by atoms with Crippen LogP contribution in [0.1, 0.15) is 25.1 Å². The standard InChI is InChI=1S/C32H35Cl2FN6O4S2/c1-32(2,22-10-15-26(33)27(18-22)45-4)28-19-36-31(41(28)24-13-11-23(35)12-14-24)46-21-40(39-17-16-38(3)20-29(39)34)30(42)37-47(43,44)25-8-6-5-7-9-25/h5-15,18-19,29H,16-17,20-21H2,1-4H3,(H,37,42). The molecule has 1 aromatic heterocycles. The van der Waals surface area contributed by atoms with Crippen LogP contribution in [0.4, 0.5) is 9.18 Å². The van der Waals surface area contributed by atoms with Crippen LogP contribution in [0.15, 0.2) is 89.0 Å². The summed E-state index contributed by atoms with van der Waals surface area (Å²) in [5.41, 5.74) is 1.07. The Bertz CT molecular complexity index is 1830. The lowest BCUT2D eigenvalue weighted by atomic mass is 9.81. The van der Waals surface area contributed by atoms with Crippen molar-refractivity contribution in [2.24, 2.45) is 0 Å². The summed E-state index contributed by atoms with van der Waals surface area (Å²) < 4.78 is 49.9. The molecule has 0 spiro atoms. The van der Waals surface area contributed by atoms with Gasteiger partial charge in [0.2, 0.25) is 0 Å². The van der Waals surface area contributed by atoms with E-state index in [1.807, 2.05) is 42.5 Å². The van der Waals surface area contributed by atoms with E-state index >= 15 is 0 Å². The van der Waals surface area contributed by atoms with Gasteiger partial charge in [-0.15, -0.1) is 11.6 Å². The third-order valence-corrected chi connectivity index (χ3v) is 10.9. The van der Waals surface area contributed by atoms with Gasteiger partial charge in [-0.1, -0.05) is 61.5 Å². The van der Waals surface area contributed by atoms with E-state index in [2.05, 4.69) is 4.72 Å². The second-order valence-electron chi connectivity index (χ2n) is 11.5. The molecule has 15 heteroatoms. The van der Waals surface area contributed by atoms with Gasteiger partial charge in [-0.2, -0.15) is 5.01 Å². The van der Waals surface area contributed by atoms with Gasteiger partial charge in [0.25, 0.3) is 10.0 Å². The number of rotatable bonds is 10. The second kappa shape index (κ2) is 14.4. The largest absolute Gasteiger partial charge is 0.495 e. The Kier molecular flexibility index (Phi) is 10.7. The summed E-state index contributed by atoms with van der Waals surface area (Å²) in [6, 6.07) is 18.4. The summed E-state index contributed by atoms with van der Waals surface area (Å²) in [5, 5.41) is 3.92. The Hall–Kier alpha value is -3.33. The van der Waals surface area contributed by atoms with Crippen LogP contribution >= 0.6 is 35.0 Å². The summed E-state index contributed by atoms with van der Waals surface area (Å²) in [4.78, 5) is 20.4. The summed E-state index contributed by atoms with van der Waals surface area (Å²) in [6.45, 7) is 5.49. The molecule has 0 aliphatic carbocycles. The van der Waals surface area contributed by atoms with Crippen molar-refractivity contribution in [3.63, 3.8) is 0 Å². The number of likely N-dealkylation sites (N-methyl/N-ethyl adjacent to an activating group) is 1. The zero-order valence-electron chi connectivity index (χ0n) is 26.2. The molecular formula is C32H35Cl2FN6O4S2. The first-order valence-corrected chi connectivity index (χ1v) is 17.9. The molecule has 1 fully saturated rings. The first-order chi connectivity index (χ1) is 22.3. The molecule has 250 valence electrons. The van der Waals surface area contributed by atoms with E-state index in [0.29, 0.717) is 41.3 Å². The molecule has 1 N–H and O–H groups in total. The third kappa shape index (κ3) is 7.71. The third-order valence-electron chi connectivity index (χ3n) is 7.96. The number of urea groups is 1. The molecule has 5 rings (SSSR count). The van der Waals surface area contributed by atoms with Crippen LogP contribution in [0.3, 0.4) is 0 Å². The summed E-state index contributed by atoms with van der Waals surface area (Å²) in [7, 11) is -0.700. The summed E-state index contributed by atoms with van der Waals surface area (Å²) in [6.07, 6.45) is 1.73. The molecule has 0 saturated carbocycles. The van der Waals surface area contributed by atoms with E-state index in [0.717, 1.165) is 11.3 Å². The second-order valence-corrected chi connectivity index (χ2v) is 15.0. The van der Waals surface area contributed by atoms with Gasteiger partial charge in [-0.25, -0.2) is 32.3 Å². The fourth-order valence-electron chi connectivity index (χ4n) is 5.24. The molecule has 1 aliphatic heterocycles. The number of carbonyl (C=O) groups is 1. The summed E-state index contributed by atoms with van der Waals surface area (Å²) in [5.74, 6) is 0.0993. The van der Waals surface area contributed by atoms with E-state index in [1.165, 1.54) is 41.0 Å². The molecule has 4 aromatic rings. The van der Waals surface area contributed by atoms with Crippen LogP contribution in [0, 0.1) is 5.82 Å². The topological polar surface area (TPSA) is 100 Å². The highest BCUT2D eigenvalue weighted by atomic mass is 35.5. The molecule has 47 heavy (non-hydrogen) atoms. The van der Waals surface area contributed by atoms with E-state index < -0.39 is 32.8 Å². The van der Waals surface area contributed by atoms with Crippen LogP contribution < -0.4 is 9.46 Å². The number of benzene rings is 3. The SMILES string of the molecule is COc1cc(C(C)(C)c2cnc(SCN(C(=O)NS(=O)(=O)c3ccccc3)N3CCN(C)CC3Cl)n2-c2ccc(F)cc2)ccc1Cl. The minimum Gasteiger partial charge on any atom is -0.495 e. The minimum absolute atomic E-state index is 0.0318. The number of hydrogen-bond donors (Lipinski definition) is 1. The maximum Gasteiger partial charge on any atom is 0.346 e. The number of hydrogen-bond acceptors (Lipinski definition) is 8. The van der Waals surface area contributed by atoms with Crippen LogP contribution in [-0.2, 0) is 15.4 Å². The monoisotopic (exact) mass is 720 g/mol. The zero-order chi connectivity index (χ0) is 33.9. The van der Waals surface area contributed by atoms with Gasteiger partial charge in [0.1, 0.15) is 17.1 Å². The van der Waals surface area contributed by atoms with Crippen molar-refractivity contribution in [2.75, 3.05) is 39.7 Å². The highest BCUT2D eigenvalue weighted by Crippen LogP contribution is 2.39. The van der Waals surface area contributed by atoms with Crippen molar-refractivity contribution in [3.8, 4) is 11.4 Å². The number of sulfonamides is 1. The zero-order valence-corrected chi connectivity index (χ0v) is 29.4. The maximum atomic E-state index is 14.0. The predicted molar refractivity (Wildman–Crippen MR) is 182 cm³/mol. The Morgan fingerprint density at radius 3 is 2.49 bits per heavy atom. The highest BCUT2D eigenvalue weighted by Gasteiger charge is 2.35. The molecule has 2 amide bonds. The number of aromatic nitrogens is 2. The van der Waals surface area contributed by atoms with E-state index in [1.54, 1.807) is 54.7 Å². The highest BCUT2D eigenvalue weighted by molar-refractivity contribution is 7.99. The van der Waals surface area contributed by atoms with E-state index in [4.69, 9.17) is 32.9 Å². The number of imidazole rings is 1. The minimum atomic E-state index is -4.17. The number of methoxy groups -OCH3 is 1. The molecule has 1 atom stereocenters. The van der Waals surface area contributed by atoms with Crippen molar-refractivity contribution in [2.45, 2.75) is 34.8 Å². The fourth-order valence-corrected chi connectivity index (χ4v) is 7.80. The lowest BCUT2D eigenvalue weighted by Gasteiger charge is -2.42. The van der Waals surface area contributed by atoms with Gasteiger partial charge in [0.15, 0.2) is 5.16 Å². The van der Waals surface area contributed by atoms with Crippen molar-refractivity contribution < 1.29 is 22.3 Å². The van der Waals surface area contributed by atoms with Gasteiger partial charge < -0.3 is 9.64 Å². The van der Waals surface area contributed by atoms with Crippen LogP contribution in [-0.4, -0.2) is 84.1 Å². The number of hydrazine groups is 1. The van der Waals surface area contributed by atoms with Gasteiger partial charge in [0, 0.05) is 30.7 Å². The quantitative estimate of drug-likeness (QED) is 0.0899. The number of halogens is 3. The smallest absolute Gasteiger partial charge is 0.346 e. The van der Waals surface area contributed by atoms with Crippen LogP contribution in [0.5, 0.6) is 5.75 Å².